The maximum absolute atomic E-state index is 11.1. The first-order valence-corrected chi connectivity index (χ1v) is 6.89. The number of benzene rings is 2. The van der Waals surface area contributed by atoms with Crippen molar-refractivity contribution < 1.29 is 9.53 Å². The van der Waals surface area contributed by atoms with Gasteiger partial charge in [-0.2, -0.15) is 0 Å². The number of halogens is 1. The van der Waals surface area contributed by atoms with Crippen molar-refractivity contribution in [1.82, 2.24) is 0 Å². The Bertz CT molecular complexity index is 629. The van der Waals surface area contributed by atoms with Crippen LogP contribution in [0.1, 0.15) is 12.5 Å². The number of anilines is 2. The Kier molecular flexibility index (Phi) is 4.63. The molecule has 0 atom stereocenters. The van der Waals surface area contributed by atoms with Crippen LogP contribution in [0.15, 0.2) is 46.9 Å². The molecule has 3 N–H and O–H groups in total. The number of amides is 1. The standard InChI is InChI=1S/C15H15BrN2O2/c1-10(19)18-14-4-2-3-5-15(14)20-9-11-6-7-12(16)8-13(11)17/h2-8H,9,17H2,1H3,(H,18,19). The molecule has 0 spiro atoms. The molecule has 0 saturated heterocycles. The van der Waals surface area contributed by atoms with Gasteiger partial charge >= 0.3 is 0 Å². The SMILES string of the molecule is CC(=O)Nc1ccccc1OCc1ccc(Br)cc1N. The van der Waals surface area contributed by atoms with E-state index in [1.807, 2.05) is 30.3 Å². The topological polar surface area (TPSA) is 64.3 Å². The largest absolute Gasteiger partial charge is 0.487 e. The molecule has 0 radical (unpaired) electrons. The lowest BCUT2D eigenvalue weighted by Crippen LogP contribution is -2.08. The first kappa shape index (κ1) is 14.4. The first-order valence-electron chi connectivity index (χ1n) is 6.09. The van der Waals surface area contributed by atoms with Crippen molar-refractivity contribution in [2.75, 3.05) is 11.1 Å². The Morgan fingerprint density at radius 1 is 1.30 bits per heavy atom. The van der Waals surface area contributed by atoms with E-state index in [-0.39, 0.29) is 5.91 Å². The van der Waals surface area contributed by atoms with Crippen LogP contribution in [0, 0.1) is 0 Å². The summed E-state index contributed by atoms with van der Waals surface area (Å²) in [6, 6.07) is 12.9. The molecule has 0 aromatic heterocycles. The molecule has 0 fully saturated rings. The summed E-state index contributed by atoms with van der Waals surface area (Å²) in [4.78, 5) is 11.1. The number of hydrogen-bond acceptors (Lipinski definition) is 3. The van der Waals surface area contributed by atoms with Crippen molar-refractivity contribution in [3.8, 4) is 5.75 Å². The van der Waals surface area contributed by atoms with Crippen molar-refractivity contribution in [3.63, 3.8) is 0 Å². The molecular formula is C15H15BrN2O2. The van der Waals surface area contributed by atoms with Crippen LogP contribution in [0.5, 0.6) is 5.75 Å². The van der Waals surface area contributed by atoms with Crippen LogP contribution in [0.4, 0.5) is 11.4 Å². The van der Waals surface area contributed by atoms with Gasteiger partial charge in [0.15, 0.2) is 0 Å². The van der Waals surface area contributed by atoms with Crippen molar-refractivity contribution in [2.45, 2.75) is 13.5 Å². The van der Waals surface area contributed by atoms with Gasteiger partial charge in [-0.1, -0.05) is 34.1 Å². The number of para-hydroxylation sites is 2. The number of carbonyl (C=O) groups excluding carboxylic acids is 1. The van der Waals surface area contributed by atoms with Gasteiger partial charge in [0, 0.05) is 22.6 Å². The minimum absolute atomic E-state index is 0.135. The molecule has 104 valence electrons. The average Bonchev–Trinajstić information content (AvgIpc) is 2.39. The second kappa shape index (κ2) is 6.43. The molecule has 1 amide bonds. The van der Waals surface area contributed by atoms with E-state index in [1.54, 1.807) is 12.1 Å². The maximum Gasteiger partial charge on any atom is 0.221 e. The minimum atomic E-state index is -0.135. The van der Waals surface area contributed by atoms with Crippen LogP contribution in [0.25, 0.3) is 0 Å². The smallest absolute Gasteiger partial charge is 0.221 e. The van der Waals surface area contributed by atoms with Crippen LogP contribution < -0.4 is 15.8 Å². The van der Waals surface area contributed by atoms with Crippen LogP contribution in [-0.4, -0.2) is 5.91 Å². The molecule has 4 nitrogen and oxygen atoms in total. The third-order valence-corrected chi connectivity index (χ3v) is 3.18. The second-order valence-electron chi connectivity index (χ2n) is 4.31. The van der Waals surface area contributed by atoms with Gasteiger partial charge in [0.1, 0.15) is 12.4 Å². The Labute approximate surface area is 126 Å². The highest BCUT2D eigenvalue weighted by molar-refractivity contribution is 9.10. The lowest BCUT2D eigenvalue weighted by molar-refractivity contribution is -0.114. The Balaban J connectivity index is 2.12. The van der Waals surface area contributed by atoms with E-state index in [1.165, 1.54) is 6.92 Å². The van der Waals surface area contributed by atoms with E-state index in [9.17, 15) is 4.79 Å². The number of carbonyl (C=O) groups is 1. The summed E-state index contributed by atoms with van der Waals surface area (Å²) in [5.74, 6) is 0.481. The maximum atomic E-state index is 11.1. The third-order valence-electron chi connectivity index (χ3n) is 2.69. The fraction of sp³-hybridized carbons (Fsp3) is 0.133. The summed E-state index contributed by atoms with van der Waals surface area (Å²) in [7, 11) is 0. The van der Waals surface area contributed by atoms with E-state index in [0.717, 1.165) is 10.0 Å². The highest BCUT2D eigenvalue weighted by Gasteiger charge is 2.06. The zero-order chi connectivity index (χ0) is 14.5. The highest BCUT2D eigenvalue weighted by Crippen LogP contribution is 2.26. The minimum Gasteiger partial charge on any atom is -0.487 e. The van der Waals surface area contributed by atoms with Gasteiger partial charge in [0.25, 0.3) is 0 Å². The Morgan fingerprint density at radius 3 is 2.75 bits per heavy atom. The van der Waals surface area contributed by atoms with Gasteiger partial charge in [0.05, 0.1) is 5.69 Å². The number of nitrogen functional groups attached to an aromatic ring is 1. The zero-order valence-corrected chi connectivity index (χ0v) is 12.6. The highest BCUT2D eigenvalue weighted by atomic mass is 79.9. The monoisotopic (exact) mass is 334 g/mol. The van der Waals surface area contributed by atoms with Crippen LogP contribution in [0.3, 0.4) is 0 Å². The van der Waals surface area contributed by atoms with E-state index in [2.05, 4.69) is 21.2 Å². The first-order chi connectivity index (χ1) is 9.56. The van der Waals surface area contributed by atoms with Crippen LogP contribution in [-0.2, 0) is 11.4 Å². The number of nitrogens with one attached hydrogen (secondary N) is 1. The van der Waals surface area contributed by atoms with Crippen molar-refractivity contribution in [1.29, 1.82) is 0 Å². The van der Waals surface area contributed by atoms with Gasteiger partial charge < -0.3 is 15.8 Å². The zero-order valence-electron chi connectivity index (χ0n) is 11.0. The molecule has 0 aliphatic carbocycles. The molecule has 2 aromatic rings. The second-order valence-corrected chi connectivity index (χ2v) is 5.22. The van der Waals surface area contributed by atoms with Crippen molar-refractivity contribution in [2.24, 2.45) is 0 Å². The van der Waals surface area contributed by atoms with Gasteiger partial charge in [-0.25, -0.2) is 0 Å². The molecule has 20 heavy (non-hydrogen) atoms. The van der Waals surface area contributed by atoms with Crippen LogP contribution in [0.2, 0.25) is 0 Å². The van der Waals surface area contributed by atoms with E-state index < -0.39 is 0 Å². The fourth-order valence-corrected chi connectivity index (χ4v) is 2.12. The predicted octanol–water partition coefficient (Wildman–Crippen LogP) is 3.57. The summed E-state index contributed by atoms with van der Waals surface area (Å²) in [5, 5.41) is 2.73. The van der Waals surface area contributed by atoms with Gasteiger partial charge in [-0.15, -0.1) is 0 Å². The van der Waals surface area contributed by atoms with Crippen molar-refractivity contribution >= 4 is 33.2 Å². The summed E-state index contributed by atoms with van der Waals surface area (Å²) < 4.78 is 6.66. The molecule has 0 unspecified atom stereocenters. The van der Waals surface area contributed by atoms with Crippen LogP contribution >= 0.6 is 15.9 Å². The van der Waals surface area contributed by atoms with E-state index in [0.29, 0.717) is 23.7 Å². The lowest BCUT2D eigenvalue weighted by atomic mass is 10.2. The fourth-order valence-electron chi connectivity index (χ4n) is 1.74. The molecule has 5 heteroatoms. The number of rotatable bonds is 4. The normalized spacial score (nSPS) is 10.1. The average molecular weight is 335 g/mol. The predicted molar refractivity (Wildman–Crippen MR) is 83.6 cm³/mol. The van der Waals surface area contributed by atoms with Gasteiger partial charge in [-0.3, -0.25) is 4.79 Å². The summed E-state index contributed by atoms with van der Waals surface area (Å²) in [6.45, 7) is 1.80. The molecule has 0 bridgehead atoms. The number of nitrogens with two attached hydrogens (primary N) is 1. The number of ether oxygens (including phenoxy) is 1. The summed E-state index contributed by atoms with van der Waals surface area (Å²) in [5.41, 5.74) is 8.13. The summed E-state index contributed by atoms with van der Waals surface area (Å²) >= 11 is 3.36. The van der Waals surface area contributed by atoms with E-state index >= 15 is 0 Å². The molecule has 2 rings (SSSR count). The van der Waals surface area contributed by atoms with Gasteiger partial charge in [-0.05, 0) is 24.3 Å². The Hall–Kier alpha value is -2.01. The van der Waals surface area contributed by atoms with Crippen molar-refractivity contribution in [3.05, 3.63) is 52.5 Å². The molecule has 0 heterocycles. The Morgan fingerprint density at radius 2 is 2.05 bits per heavy atom. The quantitative estimate of drug-likeness (QED) is 0.840. The molecule has 0 aliphatic heterocycles. The van der Waals surface area contributed by atoms with Gasteiger partial charge in [0.2, 0.25) is 5.91 Å². The number of hydrogen-bond donors (Lipinski definition) is 2. The molecule has 0 saturated carbocycles. The lowest BCUT2D eigenvalue weighted by Gasteiger charge is -2.12. The molecule has 2 aromatic carbocycles. The summed E-state index contributed by atoms with van der Waals surface area (Å²) in [6.07, 6.45) is 0. The van der Waals surface area contributed by atoms with E-state index in [4.69, 9.17) is 10.5 Å². The molecule has 0 aliphatic rings. The molecular weight excluding hydrogens is 320 g/mol. The third kappa shape index (κ3) is 3.74.